The highest BCUT2D eigenvalue weighted by molar-refractivity contribution is 8.00. The first-order valence-electron chi connectivity index (χ1n) is 4.98. The Kier molecular flexibility index (Phi) is 2.87. The second kappa shape index (κ2) is 4.13. The van der Waals surface area contributed by atoms with Gasteiger partial charge in [-0.2, -0.15) is 11.8 Å². The summed E-state index contributed by atoms with van der Waals surface area (Å²) in [6.07, 6.45) is 0. The zero-order valence-corrected chi connectivity index (χ0v) is 9.26. The van der Waals surface area contributed by atoms with Crippen LogP contribution in [-0.4, -0.2) is 24.1 Å². The van der Waals surface area contributed by atoms with Crippen LogP contribution in [0, 0.1) is 0 Å². The maximum Gasteiger partial charge on any atom is 0.0368 e. The van der Waals surface area contributed by atoms with Crippen molar-refractivity contribution in [2.24, 2.45) is 0 Å². The summed E-state index contributed by atoms with van der Waals surface area (Å²) in [5.74, 6) is 1.23. The molecule has 1 unspecified atom stereocenters. The molecule has 1 aliphatic heterocycles. The molecular formula is C11H16N2S. The Bertz CT molecular complexity index is 297. The van der Waals surface area contributed by atoms with Gasteiger partial charge < -0.3 is 10.6 Å². The van der Waals surface area contributed by atoms with Crippen LogP contribution in [0.15, 0.2) is 24.3 Å². The maximum absolute atomic E-state index is 5.66. The van der Waals surface area contributed by atoms with E-state index in [0.29, 0.717) is 0 Å². The monoisotopic (exact) mass is 208 g/mol. The number of nitrogens with zero attached hydrogens (tertiary/aromatic N) is 1. The third-order valence-corrected chi connectivity index (χ3v) is 3.64. The van der Waals surface area contributed by atoms with Gasteiger partial charge in [0.1, 0.15) is 0 Å². The van der Waals surface area contributed by atoms with Crippen molar-refractivity contribution in [3.05, 3.63) is 24.3 Å². The van der Waals surface area contributed by atoms with Crippen molar-refractivity contribution >= 4 is 23.1 Å². The summed E-state index contributed by atoms with van der Waals surface area (Å²) >= 11 is 2.05. The van der Waals surface area contributed by atoms with Gasteiger partial charge in [-0.05, 0) is 24.3 Å². The number of hydrogen-bond acceptors (Lipinski definition) is 3. The van der Waals surface area contributed by atoms with Crippen molar-refractivity contribution in [2.45, 2.75) is 12.2 Å². The van der Waals surface area contributed by atoms with Crippen molar-refractivity contribution in [3.63, 3.8) is 0 Å². The van der Waals surface area contributed by atoms with Crippen LogP contribution in [0.25, 0.3) is 0 Å². The maximum atomic E-state index is 5.66. The molecule has 1 heterocycles. The van der Waals surface area contributed by atoms with Crippen molar-refractivity contribution in [3.8, 4) is 0 Å². The summed E-state index contributed by atoms with van der Waals surface area (Å²) in [7, 11) is 0. The van der Waals surface area contributed by atoms with E-state index >= 15 is 0 Å². The van der Waals surface area contributed by atoms with Gasteiger partial charge in [0.25, 0.3) is 0 Å². The minimum absolute atomic E-state index is 0.737. The predicted octanol–water partition coefficient (Wildman–Crippen LogP) is 2.21. The number of hydrogen-bond donors (Lipinski definition) is 1. The first-order valence-corrected chi connectivity index (χ1v) is 6.02. The molecule has 0 saturated carbocycles. The number of nitrogens with two attached hydrogens (primary N) is 1. The third-order valence-electron chi connectivity index (χ3n) is 2.50. The molecule has 76 valence electrons. The summed E-state index contributed by atoms with van der Waals surface area (Å²) in [4.78, 5) is 2.43. The molecule has 0 aliphatic carbocycles. The van der Waals surface area contributed by atoms with E-state index in [1.54, 1.807) is 0 Å². The van der Waals surface area contributed by atoms with Crippen LogP contribution in [0.1, 0.15) is 6.92 Å². The van der Waals surface area contributed by atoms with Crippen LogP contribution < -0.4 is 10.6 Å². The molecule has 1 aromatic carbocycles. The van der Waals surface area contributed by atoms with Gasteiger partial charge in [0, 0.05) is 35.5 Å². The third kappa shape index (κ3) is 2.15. The second-order valence-electron chi connectivity index (χ2n) is 3.72. The average Bonchev–Trinajstić information content (AvgIpc) is 2.19. The zero-order chi connectivity index (χ0) is 9.97. The van der Waals surface area contributed by atoms with E-state index in [2.05, 4.69) is 35.7 Å². The first kappa shape index (κ1) is 9.71. The Morgan fingerprint density at radius 1 is 1.36 bits per heavy atom. The number of thioether (sulfide) groups is 1. The van der Waals surface area contributed by atoms with Crippen LogP contribution in [0.3, 0.4) is 0 Å². The molecule has 0 radical (unpaired) electrons. The number of anilines is 2. The molecule has 1 aliphatic rings. The lowest BCUT2D eigenvalue weighted by molar-refractivity contribution is 0.783. The summed E-state index contributed by atoms with van der Waals surface area (Å²) in [5, 5.41) is 0.737. The van der Waals surface area contributed by atoms with Crippen LogP contribution in [0.2, 0.25) is 0 Å². The highest BCUT2D eigenvalue weighted by Gasteiger charge is 2.16. The van der Waals surface area contributed by atoms with E-state index < -0.39 is 0 Å². The number of nitrogen functional groups attached to an aromatic ring is 1. The van der Waals surface area contributed by atoms with Gasteiger partial charge in [-0.1, -0.05) is 6.92 Å². The highest BCUT2D eigenvalue weighted by atomic mass is 32.2. The van der Waals surface area contributed by atoms with Crippen LogP contribution in [-0.2, 0) is 0 Å². The number of rotatable bonds is 1. The van der Waals surface area contributed by atoms with Crippen LogP contribution >= 0.6 is 11.8 Å². The first-order chi connectivity index (χ1) is 6.75. The fraction of sp³-hybridized carbons (Fsp3) is 0.455. The summed E-state index contributed by atoms with van der Waals surface area (Å²) in [6, 6.07) is 8.17. The van der Waals surface area contributed by atoms with Gasteiger partial charge in [-0.25, -0.2) is 0 Å². The van der Waals surface area contributed by atoms with E-state index in [-0.39, 0.29) is 0 Å². The Morgan fingerprint density at radius 2 is 2.07 bits per heavy atom. The van der Waals surface area contributed by atoms with E-state index in [1.165, 1.54) is 11.4 Å². The SMILES string of the molecule is CC1CN(c2ccc(N)cc2)CCS1. The molecule has 14 heavy (non-hydrogen) atoms. The largest absolute Gasteiger partial charge is 0.399 e. The minimum atomic E-state index is 0.737. The molecule has 0 aromatic heterocycles. The van der Waals surface area contributed by atoms with E-state index in [9.17, 15) is 0 Å². The van der Waals surface area contributed by atoms with Crippen molar-refractivity contribution in [1.29, 1.82) is 0 Å². The molecule has 1 atom stereocenters. The molecular weight excluding hydrogens is 192 g/mol. The summed E-state index contributed by atoms with van der Waals surface area (Å²) < 4.78 is 0. The quantitative estimate of drug-likeness (QED) is 0.717. The molecule has 0 spiro atoms. The van der Waals surface area contributed by atoms with Gasteiger partial charge in [-0.15, -0.1) is 0 Å². The van der Waals surface area contributed by atoms with Crippen molar-refractivity contribution in [2.75, 3.05) is 29.5 Å². The average molecular weight is 208 g/mol. The second-order valence-corrected chi connectivity index (χ2v) is 5.27. The topological polar surface area (TPSA) is 29.3 Å². The van der Waals surface area contributed by atoms with Gasteiger partial charge in [-0.3, -0.25) is 0 Å². The molecule has 2 nitrogen and oxygen atoms in total. The van der Waals surface area contributed by atoms with Gasteiger partial charge in [0.15, 0.2) is 0 Å². The lowest BCUT2D eigenvalue weighted by Crippen LogP contribution is -2.36. The lowest BCUT2D eigenvalue weighted by atomic mass is 10.2. The van der Waals surface area contributed by atoms with Crippen LogP contribution in [0.5, 0.6) is 0 Å². The van der Waals surface area contributed by atoms with Gasteiger partial charge in [0.2, 0.25) is 0 Å². The van der Waals surface area contributed by atoms with Crippen LogP contribution in [0.4, 0.5) is 11.4 Å². The standard InChI is InChI=1S/C11H16N2S/c1-9-8-13(6-7-14-9)11-4-2-10(12)3-5-11/h2-5,9H,6-8,12H2,1H3. The molecule has 0 amide bonds. The Labute approximate surface area is 89.5 Å². The predicted molar refractivity (Wildman–Crippen MR) is 65.0 cm³/mol. The Balaban J connectivity index is 2.10. The fourth-order valence-electron chi connectivity index (χ4n) is 1.74. The van der Waals surface area contributed by atoms with Gasteiger partial charge in [0.05, 0.1) is 0 Å². The van der Waals surface area contributed by atoms with Gasteiger partial charge >= 0.3 is 0 Å². The molecule has 1 saturated heterocycles. The normalized spacial score (nSPS) is 22.4. The van der Waals surface area contributed by atoms with Crippen molar-refractivity contribution < 1.29 is 0 Å². The molecule has 3 heteroatoms. The molecule has 0 bridgehead atoms. The molecule has 1 aromatic rings. The lowest BCUT2D eigenvalue weighted by Gasteiger charge is -2.32. The molecule has 1 fully saturated rings. The molecule has 2 N–H and O–H groups in total. The van der Waals surface area contributed by atoms with E-state index in [4.69, 9.17) is 5.73 Å². The smallest absolute Gasteiger partial charge is 0.0368 e. The minimum Gasteiger partial charge on any atom is -0.399 e. The fourth-order valence-corrected chi connectivity index (χ4v) is 2.75. The number of benzene rings is 1. The summed E-state index contributed by atoms with van der Waals surface area (Å²) in [5.41, 5.74) is 7.80. The summed E-state index contributed by atoms with van der Waals surface area (Å²) in [6.45, 7) is 4.58. The van der Waals surface area contributed by atoms with E-state index in [1.807, 2.05) is 12.1 Å². The van der Waals surface area contributed by atoms with E-state index in [0.717, 1.165) is 24.0 Å². The zero-order valence-electron chi connectivity index (χ0n) is 8.44. The Hall–Kier alpha value is -0.830. The highest BCUT2D eigenvalue weighted by Crippen LogP contribution is 2.24. The van der Waals surface area contributed by atoms with Crippen molar-refractivity contribution in [1.82, 2.24) is 0 Å². The molecule has 2 rings (SSSR count). The Morgan fingerprint density at radius 3 is 2.71 bits per heavy atom.